The van der Waals surface area contributed by atoms with E-state index in [9.17, 15) is 31.5 Å². The normalized spacial score (nSPS) is 15.3. The maximum atomic E-state index is 13.0. The van der Waals surface area contributed by atoms with Gasteiger partial charge in [0.05, 0.1) is 16.7 Å². The van der Waals surface area contributed by atoms with E-state index < -0.39 is 35.5 Å². The van der Waals surface area contributed by atoms with Crippen LogP contribution in [0.4, 0.5) is 27.9 Å². The van der Waals surface area contributed by atoms with Crippen molar-refractivity contribution in [3.05, 3.63) is 53.3 Å². The molecule has 7 nitrogen and oxygen atoms in total. The van der Waals surface area contributed by atoms with Crippen LogP contribution in [0.5, 0.6) is 0 Å². The van der Waals surface area contributed by atoms with Crippen molar-refractivity contribution in [2.24, 2.45) is 0 Å². The zero-order valence-corrected chi connectivity index (χ0v) is 15.3. The minimum atomic E-state index is -4.47. The Bertz CT molecular complexity index is 929. The third-order valence-corrected chi connectivity index (χ3v) is 4.71. The molecule has 12 heteroatoms. The summed E-state index contributed by atoms with van der Waals surface area (Å²) in [5, 5.41) is 3.03. The van der Waals surface area contributed by atoms with Crippen LogP contribution in [-0.2, 0) is 16.5 Å². The summed E-state index contributed by atoms with van der Waals surface area (Å²) in [6.07, 6.45) is -3.63. The standard InChI is InChI=1S/C18H16F5N5O2/c19-13(20)15(30)28-27-14(29)10-8-24-16(25-9-10)26-17(5-2-6-17)11-3-1-4-12(7-11)18(21,22)23/h1,3-4,7-9,13H,2,5-6H2,(H,27,29)(H,28,30)(H,24,25,26). The number of nitrogens with one attached hydrogen (secondary N) is 3. The summed E-state index contributed by atoms with van der Waals surface area (Å²) in [5.74, 6) is -2.50. The monoisotopic (exact) mass is 429 g/mol. The van der Waals surface area contributed by atoms with Crippen molar-refractivity contribution in [2.75, 3.05) is 5.32 Å². The van der Waals surface area contributed by atoms with E-state index in [4.69, 9.17) is 0 Å². The molecule has 1 aliphatic carbocycles. The van der Waals surface area contributed by atoms with E-state index in [-0.39, 0.29) is 11.5 Å². The molecule has 30 heavy (non-hydrogen) atoms. The van der Waals surface area contributed by atoms with Crippen LogP contribution < -0.4 is 16.2 Å². The molecule has 1 aromatic carbocycles. The van der Waals surface area contributed by atoms with Gasteiger partial charge in [-0.25, -0.2) is 9.97 Å². The van der Waals surface area contributed by atoms with Gasteiger partial charge in [0.1, 0.15) is 0 Å². The van der Waals surface area contributed by atoms with Crippen molar-refractivity contribution in [3.8, 4) is 0 Å². The second-order valence-electron chi connectivity index (χ2n) is 6.68. The van der Waals surface area contributed by atoms with E-state index in [1.807, 2.05) is 0 Å². The molecule has 0 atom stereocenters. The van der Waals surface area contributed by atoms with Gasteiger partial charge in [0.15, 0.2) is 0 Å². The lowest BCUT2D eigenvalue weighted by atomic mass is 9.71. The third-order valence-electron chi connectivity index (χ3n) is 4.71. The smallest absolute Gasteiger partial charge is 0.345 e. The topological polar surface area (TPSA) is 96.0 Å². The molecule has 3 N–H and O–H groups in total. The number of halogens is 5. The number of aromatic nitrogens is 2. The predicted octanol–water partition coefficient (Wildman–Crippen LogP) is 3.01. The number of nitrogens with zero attached hydrogens (tertiary/aromatic N) is 2. The quantitative estimate of drug-likeness (QED) is 0.502. The molecule has 0 unspecified atom stereocenters. The zero-order valence-electron chi connectivity index (χ0n) is 15.3. The summed E-state index contributed by atoms with van der Waals surface area (Å²) in [6, 6.07) is 5.00. The predicted molar refractivity (Wildman–Crippen MR) is 94.2 cm³/mol. The highest BCUT2D eigenvalue weighted by Gasteiger charge is 2.41. The SMILES string of the molecule is O=C(NNC(=O)C(F)F)c1cnc(NC2(c3cccc(C(F)(F)F)c3)CCC2)nc1. The fourth-order valence-corrected chi connectivity index (χ4v) is 2.98. The molecule has 160 valence electrons. The first kappa shape index (κ1) is 21.4. The first-order valence-electron chi connectivity index (χ1n) is 8.77. The van der Waals surface area contributed by atoms with Crippen LogP contribution in [0.15, 0.2) is 36.7 Å². The molecule has 1 aliphatic rings. The van der Waals surface area contributed by atoms with E-state index in [0.717, 1.165) is 30.9 Å². The van der Waals surface area contributed by atoms with E-state index in [1.54, 1.807) is 11.5 Å². The molecule has 0 bridgehead atoms. The molecule has 1 fully saturated rings. The minimum absolute atomic E-state index is 0.0836. The van der Waals surface area contributed by atoms with Crippen molar-refractivity contribution in [1.29, 1.82) is 0 Å². The van der Waals surface area contributed by atoms with Crippen molar-refractivity contribution >= 4 is 17.8 Å². The van der Waals surface area contributed by atoms with Crippen molar-refractivity contribution in [1.82, 2.24) is 20.8 Å². The molecule has 3 rings (SSSR count). The van der Waals surface area contributed by atoms with Crippen LogP contribution >= 0.6 is 0 Å². The second-order valence-corrected chi connectivity index (χ2v) is 6.68. The van der Waals surface area contributed by atoms with E-state index in [0.29, 0.717) is 18.4 Å². The van der Waals surface area contributed by atoms with Crippen LogP contribution in [0.2, 0.25) is 0 Å². The van der Waals surface area contributed by atoms with Gasteiger partial charge in [-0.3, -0.25) is 20.4 Å². The van der Waals surface area contributed by atoms with Gasteiger partial charge in [-0.05, 0) is 37.0 Å². The number of anilines is 1. The number of rotatable bonds is 5. The maximum Gasteiger partial charge on any atom is 0.416 e. The lowest BCUT2D eigenvalue weighted by Gasteiger charge is -2.43. The lowest BCUT2D eigenvalue weighted by Crippen LogP contribution is -2.44. The number of benzene rings is 1. The van der Waals surface area contributed by atoms with Gasteiger partial charge in [0, 0.05) is 12.4 Å². The van der Waals surface area contributed by atoms with E-state index in [2.05, 4.69) is 15.3 Å². The van der Waals surface area contributed by atoms with Gasteiger partial charge in [-0.1, -0.05) is 12.1 Å². The Labute approximate surface area is 167 Å². The first-order chi connectivity index (χ1) is 14.1. The molecule has 2 aromatic rings. The van der Waals surface area contributed by atoms with Crippen LogP contribution in [0.3, 0.4) is 0 Å². The number of amides is 2. The number of hydrazine groups is 1. The Kier molecular flexibility index (Phi) is 5.85. The fraction of sp³-hybridized carbons (Fsp3) is 0.333. The van der Waals surface area contributed by atoms with Crippen LogP contribution in [0.1, 0.15) is 40.7 Å². The third kappa shape index (κ3) is 4.63. The van der Waals surface area contributed by atoms with Gasteiger partial charge in [0.2, 0.25) is 5.95 Å². The molecular weight excluding hydrogens is 413 g/mol. The molecule has 0 aliphatic heterocycles. The Hall–Kier alpha value is -3.31. The average molecular weight is 429 g/mol. The van der Waals surface area contributed by atoms with Crippen LogP contribution in [0, 0.1) is 0 Å². The summed E-state index contributed by atoms with van der Waals surface area (Å²) in [5.41, 5.74) is 2.14. The highest BCUT2D eigenvalue weighted by molar-refractivity contribution is 5.95. The van der Waals surface area contributed by atoms with Crippen molar-refractivity contribution in [3.63, 3.8) is 0 Å². The highest BCUT2D eigenvalue weighted by atomic mass is 19.4. The molecule has 0 radical (unpaired) electrons. The van der Waals surface area contributed by atoms with Crippen LogP contribution in [-0.4, -0.2) is 28.2 Å². The van der Waals surface area contributed by atoms with E-state index in [1.165, 1.54) is 11.5 Å². The molecule has 0 spiro atoms. The van der Waals surface area contributed by atoms with Crippen molar-refractivity contribution < 1.29 is 31.5 Å². The first-order valence-corrected chi connectivity index (χ1v) is 8.77. The van der Waals surface area contributed by atoms with E-state index >= 15 is 0 Å². The highest BCUT2D eigenvalue weighted by Crippen LogP contribution is 2.44. The van der Waals surface area contributed by atoms with Gasteiger partial charge in [0.25, 0.3) is 5.91 Å². The summed E-state index contributed by atoms with van der Waals surface area (Å²) < 4.78 is 63.3. The summed E-state index contributed by atoms with van der Waals surface area (Å²) in [6.45, 7) is 0. The lowest BCUT2D eigenvalue weighted by molar-refractivity contribution is -0.137. The maximum absolute atomic E-state index is 13.0. The summed E-state index contributed by atoms with van der Waals surface area (Å²) in [7, 11) is 0. The Morgan fingerprint density at radius 2 is 1.73 bits per heavy atom. The Morgan fingerprint density at radius 1 is 1.07 bits per heavy atom. The Balaban J connectivity index is 1.71. The molecule has 0 saturated heterocycles. The zero-order chi connectivity index (χ0) is 21.9. The molecule has 1 aromatic heterocycles. The second kappa shape index (κ2) is 8.20. The summed E-state index contributed by atoms with van der Waals surface area (Å²) >= 11 is 0. The number of hydrogen-bond donors (Lipinski definition) is 3. The molecule has 1 saturated carbocycles. The number of alkyl halides is 5. The molecule has 2 amide bonds. The number of carbonyl (C=O) groups is 2. The summed E-state index contributed by atoms with van der Waals surface area (Å²) in [4.78, 5) is 30.5. The molecular formula is C18H16F5N5O2. The van der Waals surface area contributed by atoms with Gasteiger partial charge >= 0.3 is 18.5 Å². The average Bonchev–Trinajstić information content (AvgIpc) is 2.68. The minimum Gasteiger partial charge on any atom is -0.345 e. The van der Waals surface area contributed by atoms with Gasteiger partial charge in [-0.2, -0.15) is 22.0 Å². The van der Waals surface area contributed by atoms with Gasteiger partial charge in [-0.15, -0.1) is 0 Å². The number of hydrogen-bond acceptors (Lipinski definition) is 5. The largest absolute Gasteiger partial charge is 0.416 e. The molecule has 1 heterocycles. The number of carbonyl (C=O) groups excluding carboxylic acids is 2. The van der Waals surface area contributed by atoms with Crippen molar-refractivity contribution in [2.45, 2.75) is 37.4 Å². The van der Waals surface area contributed by atoms with Crippen LogP contribution in [0.25, 0.3) is 0 Å². The fourth-order valence-electron chi connectivity index (χ4n) is 2.98. The van der Waals surface area contributed by atoms with Gasteiger partial charge < -0.3 is 5.32 Å². The Morgan fingerprint density at radius 3 is 2.27 bits per heavy atom.